The maximum atomic E-state index is 12.2. The molecular formula is C15H17N5OS2. The number of amides is 1. The van der Waals surface area contributed by atoms with Gasteiger partial charge in [-0.15, -0.1) is 22.7 Å². The van der Waals surface area contributed by atoms with Crippen LogP contribution in [0.15, 0.2) is 17.8 Å². The van der Waals surface area contributed by atoms with E-state index in [0.29, 0.717) is 5.13 Å². The second kappa shape index (κ2) is 6.03. The van der Waals surface area contributed by atoms with E-state index in [1.807, 2.05) is 22.2 Å². The molecule has 0 radical (unpaired) electrons. The molecule has 0 aliphatic carbocycles. The molecule has 4 rings (SSSR count). The summed E-state index contributed by atoms with van der Waals surface area (Å²) in [5, 5.41) is 5.61. The lowest BCUT2D eigenvalue weighted by Gasteiger charge is -2.23. The van der Waals surface area contributed by atoms with E-state index in [-0.39, 0.29) is 12.3 Å². The van der Waals surface area contributed by atoms with Crippen LogP contribution in [-0.4, -0.2) is 38.3 Å². The highest BCUT2D eigenvalue weighted by Gasteiger charge is 2.20. The molecule has 1 aliphatic heterocycles. The van der Waals surface area contributed by atoms with Gasteiger partial charge in [0, 0.05) is 42.2 Å². The molecule has 0 saturated heterocycles. The first kappa shape index (κ1) is 14.8. The van der Waals surface area contributed by atoms with Crippen LogP contribution in [0.2, 0.25) is 0 Å². The molecule has 0 saturated carbocycles. The maximum absolute atomic E-state index is 12.2. The monoisotopic (exact) mass is 347 g/mol. The van der Waals surface area contributed by atoms with Crippen LogP contribution in [0.1, 0.15) is 23.2 Å². The van der Waals surface area contributed by atoms with E-state index in [2.05, 4.69) is 27.1 Å². The van der Waals surface area contributed by atoms with Gasteiger partial charge < -0.3 is 5.32 Å². The summed E-state index contributed by atoms with van der Waals surface area (Å²) in [6, 6.07) is 0. The highest BCUT2D eigenvalue weighted by Crippen LogP contribution is 2.28. The van der Waals surface area contributed by atoms with Gasteiger partial charge in [0.1, 0.15) is 0 Å². The second-order valence-electron chi connectivity index (χ2n) is 5.56. The fourth-order valence-electron chi connectivity index (χ4n) is 2.76. The van der Waals surface area contributed by atoms with E-state index in [1.165, 1.54) is 4.88 Å². The second-order valence-corrected chi connectivity index (χ2v) is 7.51. The standard InChI is InChI=1S/C15H17N5OS2/c1-2-19-4-3-11-12(9-19)23-14(17-11)18-13(21)7-10-8-20-5-6-22-15(20)16-10/h5-6,8H,2-4,7,9H2,1H3,(H,17,18,21). The van der Waals surface area contributed by atoms with Crippen molar-refractivity contribution in [3.05, 3.63) is 34.0 Å². The summed E-state index contributed by atoms with van der Waals surface area (Å²) in [7, 11) is 0. The molecule has 1 N–H and O–H groups in total. The number of rotatable bonds is 4. The highest BCUT2D eigenvalue weighted by atomic mass is 32.1. The first-order valence-corrected chi connectivity index (χ1v) is 9.32. The first-order valence-electron chi connectivity index (χ1n) is 7.63. The van der Waals surface area contributed by atoms with Gasteiger partial charge in [-0.3, -0.25) is 14.1 Å². The van der Waals surface area contributed by atoms with Gasteiger partial charge in [0.15, 0.2) is 10.1 Å². The van der Waals surface area contributed by atoms with Crippen LogP contribution >= 0.6 is 22.7 Å². The Bertz CT molecular complexity index is 821. The molecule has 1 amide bonds. The minimum atomic E-state index is -0.0609. The molecule has 8 heteroatoms. The summed E-state index contributed by atoms with van der Waals surface area (Å²) < 4.78 is 1.94. The van der Waals surface area contributed by atoms with Crippen molar-refractivity contribution in [1.29, 1.82) is 0 Å². The number of hydrogen-bond donors (Lipinski definition) is 1. The van der Waals surface area contributed by atoms with Crippen molar-refractivity contribution in [2.45, 2.75) is 26.3 Å². The zero-order chi connectivity index (χ0) is 15.8. The minimum absolute atomic E-state index is 0.0609. The number of imidazole rings is 1. The summed E-state index contributed by atoms with van der Waals surface area (Å²) in [5.74, 6) is -0.0609. The third-order valence-electron chi connectivity index (χ3n) is 3.99. The molecule has 0 atom stereocenters. The number of fused-ring (bicyclic) bond motifs is 2. The van der Waals surface area contributed by atoms with E-state index < -0.39 is 0 Å². The van der Waals surface area contributed by atoms with Crippen molar-refractivity contribution in [3.8, 4) is 0 Å². The van der Waals surface area contributed by atoms with Crippen molar-refractivity contribution in [3.63, 3.8) is 0 Å². The number of anilines is 1. The third-order valence-corrected chi connectivity index (χ3v) is 5.76. The molecule has 0 spiro atoms. The Hall–Kier alpha value is -1.77. The van der Waals surface area contributed by atoms with E-state index in [0.717, 1.165) is 42.4 Å². The fourth-order valence-corrected chi connectivity index (χ4v) is 4.55. The molecule has 0 aromatic carbocycles. The smallest absolute Gasteiger partial charge is 0.232 e. The average Bonchev–Trinajstić information content (AvgIpc) is 3.19. The number of carbonyl (C=O) groups excluding carboxylic acids is 1. The molecule has 120 valence electrons. The van der Waals surface area contributed by atoms with Crippen molar-refractivity contribution in [1.82, 2.24) is 19.3 Å². The Balaban J connectivity index is 1.42. The highest BCUT2D eigenvalue weighted by molar-refractivity contribution is 7.16. The number of nitrogens with zero attached hydrogens (tertiary/aromatic N) is 4. The number of thiazole rings is 2. The van der Waals surface area contributed by atoms with Gasteiger partial charge >= 0.3 is 0 Å². The SMILES string of the molecule is CCN1CCc2nc(NC(=O)Cc3cn4ccsc4n3)sc2C1. The topological polar surface area (TPSA) is 62.5 Å². The van der Waals surface area contributed by atoms with Gasteiger partial charge in [-0.05, 0) is 6.54 Å². The molecule has 6 nitrogen and oxygen atoms in total. The van der Waals surface area contributed by atoms with Crippen LogP contribution in [0.3, 0.4) is 0 Å². The summed E-state index contributed by atoms with van der Waals surface area (Å²) in [6.07, 6.45) is 5.09. The normalized spacial score (nSPS) is 15.0. The van der Waals surface area contributed by atoms with Gasteiger partial charge in [0.2, 0.25) is 5.91 Å². The lowest BCUT2D eigenvalue weighted by atomic mass is 10.2. The third kappa shape index (κ3) is 3.01. The first-order chi connectivity index (χ1) is 11.2. The maximum Gasteiger partial charge on any atom is 0.232 e. The summed E-state index contributed by atoms with van der Waals surface area (Å²) in [5.41, 5.74) is 1.92. The van der Waals surface area contributed by atoms with Crippen molar-refractivity contribution < 1.29 is 4.79 Å². The van der Waals surface area contributed by atoms with Gasteiger partial charge in [-0.25, -0.2) is 9.97 Å². The number of carbonyl (C=O) groups is 1. The molecule has 0 fully saturated rings. The van der Waals surface area contributed by atoms with Gasteiger partial charge in [0.05, 0.1) is 17.8 Å². The lowest BCUT2D eigenvalue weighted by Crippen LogP contribution is -2.29. The summed E-state index contributed by atoms with van der Waals surface area (Å²) in [6.45, 7) is 5.21. The van der Waals surface area contributed by atoms with E-state index >= 15 is 0 Å². The Morgan fingerprint density at radius 3 is 3.17 bits per heavy atom. The van der Waals surface area contributed by atoms with Gasteiger partial charge in [-0.1, -0.05) is 6.92 Å². The van der Waals surface area contributed by atoms with Gasteiger partial charge in [0.25, 0.3) is 0 Å². The molecule has 23 heavy (non-hydrogen) atoms. The number of likely N-dealkylation sites (N-methyl/N-ethyl adjacent to an activating group) is 1. The molecule has 0 unspecified atom stereocenters. The molecule has 0 bridgehead atoms. The Morgan fingerprint density at radius 2 is 2.35 bits per heavy atom. The Kier molecular flexibility index (Phi) is 3.88. The predicted octanol–water partition coefficient (Wildman–Crippen LogP) is 2.41. The van der Waals surface area contributed by atoms with Crippen molar-refractivity contribution >= 4 is 38.7 Å². The van der Waals surface area contributed by atoms with E-state index in [4.69, 9.17) is 0 Å². The zero-order valence-corrected chi connectivity index (χ0v) is 14.4. The number of nitrogens with one attached hydrogen (secondary N) is 1. The van der Waals surface area contributed by atoms with Crippen LogP contribution in [0.25, 0.3) is 4.96 Å². The lowest BCUT2D eigenvalue weighted by molar-refractivity contribution is -0.115. The van der Waals surface area contributed by atoms with Gasteiger partial charge in [-0.2, -0.15) is 0 Å². The quantitative estimate of drug-likeness (QED) is 0.787. The average molecular weight is 347 g/mol. The fraction of sp³-hybridized carbons (Fsp3) is 0.400. The predicted molar refractivity (Wildman–Crippen MR) is 92.2 cm³/mol. The number of aromatic nitrogens is 3. The van der Waals surface area contributed by atoms with Crippen LogP contribution < -0.4 is 5.32 Å². The molecular weight excluding hydrogens is 330 g/mol. The summed E-state index contributed by atoms with van der Waals surface area (Å²) >= 11 is 3.16. The van der Waals surface area contributed by atoms with Crippen LogP contribution in [-0.2, 0) is 24.2 Å². The molecule has 4 heterocycles. The Morgan fingerprint density at radius 1 is 1.43 bits per heavy atom. The molecule has 1 aliphatic rings. The van der Waals surface area contributed by atoms with Crippen LogP contribution in [0, 0.1) is 0 Å². The van der Waals surface area contributed by atoms with Crippen molar-refractivity contribution in [2.24, 2.45) is 0 Å². The Labute approximate surface area is 141 Å². The zero-order valence-electron chi connectivity index (χ0n) is 12.8. The summed E-state index contributed by atoms with van der Waals surface area (Å²) in [4.78, 5) is 25.8. The largest absolute Gasteiger partial charge is 0.302 e. The van der Waals surface area contributed by atoms with Crippen molar-refractivity contribution in [2.75, 3.05) is 18.4 Å². The molecule has 3 aromatic heterocycles. The minimum Gasteiger partial charge on any atom is -0.302 e. The van der Waals surface area contributed by atoms with Crippen LogP contribution in [0.4, 0.5) is 5.13 Å². The number of hydrogen-bond acceptors (Lipinski definition) is 6. The van der Waals surface area contributed by atoms with E-state index in [9.17, 15) is 4.79 Å². The van der Waals surface area contributed by atoms with Crippen LogP contribution in [0.5, 0.6) is 0 Å². The van der Waals surface area contributed by atoms with E-state index in [1.54, 1.807) is 22.7 Å². The molecule has 3 aromatic rings.